The van der Waals surface area contributed by atoms with Crippen LogP contribution in [0.25, 0.3) is 0 Å². The molecule has 0 aliphatic carbocycles. The molecule has 0 heterocycles. The van der Waals surface area contributed by atoms with E-state index in [-0.39, 0.29) is 10.6 Å². The third-order valence-electron chi connectivity index (χ3n) is 2.53. The van der Waals surface area contributed by atoms with Crippen molar-refractivity contribution in [3.63, 3.8) is 0 Å². The van der Waals surface area contributed by atoms with Gasteiger partial charge in [-0.15, -0.1) is 0 Å². The number of rotatable bonds is 7. The first kappa shape index (κ1) is 13.4. The molecule has 0 saturated heterocycles. The monoisotopic (exact) mass is 237 g/mol. The van der Waals surface area contributed by atoms with E-state index in [1.165, 1.54) is 6.07 Å². The Morgan fingerprint density at radius 3 is 2.76 bits per heavy atom. The van der Waals surface area contributed by atoms with Gasteiger partial charge in [0.2, 0.25) is 0 Å². The Morgan fingerprint density at radius 2 is 2.12 bits per heavy atom. The molecule has 0 bridgehead atoms. The molecule has 5 nitrogen and oxygen atoms in total. The first-order chi connectivity index (χ1) is 8.16. The zero-order valence-corrected chi connectivity index (χ0v) is 10.3. The molecule has 1 rings (SSSR count). The topological polar surface area (TPSA) is 67.2 Å². The van der Waals surface area contributed by atoms with Crippen molar-refractivity contribution >= 4 is 11.4 Å². The normalized spacial score (nSPS) is 10.2. The Kier molecular flexibility index (Phi) is 5.42. The van der Waals surface area contributed by atoms with Gasteiger partial charge in [0.05, 0.1) is 4.92 Å². The van der Waals surface area contributed by atoms with Crippen LogP contribution in [0.4, 0.5) is 11.4 Å². The van der Waals surface area contributed by atoms with Crippen LogP contribution in [0.3, 0.4) is 0 Å². The van der Waals surface area contributed by atoms with Gasteiger partial charge in [-0.25, -0.2) is 0 Å². The van der Waals surface area contributed by atoms with Crippen molar-refractivity contribution < 1.29 is 4.92 Å². The van der Waals surface area contributed by atoms with Crippen molar-refractivity contribution in [3.8, 4) is 0 Å². The molecule has 5 heteroatoms. The fraction of sp³-hybridized carbons (Fsp3) is 0.500. The van der Waals surface area contributed by atoms with Crippen LogP contribution in [0.5, 0.6) is 0 Å². The molecule has 0 spiro atoms. The van der Waals surface area contributed by atoms with E-state index in [1.54, 1.807) is 6.07 Å². The standard InChI is InChI=1S/C12H19N3O2/c1-3-13-8-5-9-14-12-10(2)6-4-7-11(12)15(16)17/h4,6-7,13-14H,3,5,8-9H2,1-2H3. The molecule has 0 unspecified atom stereocenters. The number of nitro groups is 1. The molecular formula is C12H19N3O2. The lowest BCUT2D eigenvalue weighted by atomic mass is 10.1. The maximum atomic E-state index is 10.9. The summed E-state index contributed by atoms with van der Waals surface area (Å²) in [5.74, 6) is 0. The quantitative estimate of drug-likeness (QED) is 0.434. The Labute approximate surface area is 101 Å². The smallest absolute Gasteiger partial charge is 0.292 e. The third kappa shape index (κ3) is 4.03. The highest BCUT2D eigenvalue weighted by atomic mass is 16.6. The average Bonchev–Trinajstić information content (AvgIpc) is 2.30. The van der Waals surface area contributed by atoms with E-state index in [9.17, 15) is 10.1 Å². The van der Waals surface area contributed by atoms with E-state index in [0.29, 0.717) is 5.69 Å². The van der Waals surface area contributed by atoms with Gasteiger partial charge in [0.25, 0.3) is 5.69 Å². The lowest BCUT2D eigenvalue weighted by Gasteiger charge is -2.09. The van der Waals surface area contributed by atoms with Gasteiger partial charge < -0.3 is 10.6 Å². The fourth-order valence-electron chi connectivity index (χ4n) is 1.64. The van der Waals surface area contributed by atoms with E-state index in [4.69, 9.17) is 0 Å². The molecule has 0 atom stereocenters. The van der Waals surface area contributed by atoms with E-state index >= 15 is 0 Å². The molecule has 2 N–H and O–H groups in total. The second-order valence-electron chi connectivity index (χ2n) is 3.86. The Hall–Kier alpha value is -1.62. The van der Waals surface area contributed by atoms with Crippen LogP contribution >= 0.6 is 0 Å². The largest absolute Gasteiger partial charge is 0.379 e. The van der Waals surface area contributed by atoms with Crippen molar-refractivity contribution in [1.82, 2.24) is 5.32 Å². The molecule has 17 heavy (non-hydrogen) atoms. The number of aryl methyl sites for hydroxylation is 1. The van der Waals surface area contributed by atoms with Crippen molar-refractivity contribution in [3.05, 3.63) is 33.9 Å². The summed E-state index contributed by atoms with van der Waals surface area (Å²) in [5.41, 5.74) is 1.69. The van der Waals surface area contributed by atoms with Crippen molar-refractivity contribution in [2.75, 3.05) is 25.0 Å². The number of hydrogen-bond donors (Lipinski definition) is 2. The van der Waals surface area contributed by atoms with Gasteiger partial charge in [0.1, 0.15) is 5.69 Å². The number of nitro benzene ring substituents is 1. The van der Waals surface area contributed by atoms with Gasteiger partial charge in [0, 0.05) is 12.6 Å². The molecule has 0 saturated carbocycles. The molecule has 1 aromatic carbocycles. The summed E-state index contributed by atoms with van der Waals surface area (Å²) < 4.78 is 0. The van der Waals surface area contributed by atoms with Crippen LogP contribution in [-0.2, 0) is 0 Å². The predicted octanol–water partition coefficient (Wildman–Crippen LogP) is 2.31. The highest BCUT2D eigenvalue weighted by Crippen LogP contribution is 2.27. The second kappa shape index (κ2) is 6.85. The zero-order valence-electron chi connectivity index (χ0n) is 10.3. The summed E-state index contributed by atoms with van der Waals surface area (Å²) in [6.45, 7) is 6.53. The van der Waals surface area contributed by atoms with Crippen LogP contribution < -0.4 is 10.6 Å². The lowest BCUT2D eigenvalue weighted by molar-refractivity contribution is -0.384. The SMILES string of the molecule is CCNCCCNc1c(C)cccc1[N+](=O)[O-]. The van der Waals surface area contributed by atoms with E-state index in [1.807, 2.05) is 13.0 Å². The summed E-state index contributed by atoms with van der Waals surface area (Å²) in [5, 5.41) is 17.2. The predicted molar refractivity (Wildman–Crippen MR) is 69.5 cm³/mol. The Balaban J connectivity index is 2.60. The highest BCUT2D eigenvalue weighted by molar-refractivity contribution is 5.65. The highest BCUT2D eigenvalue weighted by Gasteiger charge is 2.14. The maximum Gasteiger partial charge on any atom is 0.292 e. The minimum atomic E-state index is -0.348. The maximum absolute atomic E-state index is 10.9. The number of hydrogen-bond acceptors (Lipinski definition) is 4. The summed E-state index contributed by atoms with van der Waals surface area (Å²) in [7, 11) is 0. The van der Waals surface area contributed by atoms with Gasteiger partial charge in [-0.1, -0.05) is 19.1 Å². The average molecular weight is 237 g/mol. The summed E-state index contributed by atoms with van der Waals surface area (Å²) in [6, 6.07) is 5.11. The molecule has 94 valence electrons. The number of nitrogens with one attached hydrogen (secondary N) is 2. The van der Waals surface area contributed by atoms with Crippen LogP contribution in [0.15, 0.2) is 18.2 Å². The van der Waals surface area contributed by atoms with Gasteiger partial charge in [0.15, 0.2) is 0 Å². The van der Waals surface area contributed by atoms with Crippen LogP contribution in [-0.4, -0.2) is 24.6 Å². The second-order valence-corrected chi connectivity index (χ2v) is 3.86. The lowest BCUT2D eigenvalue weighted by Crippen LogP contribution is -2.17. The van der Waals surface area contributed by atoms with Crippen LogP contribution in [0.1, 0.15) is 18.9 Å². The number of benzene rings is 1. The van der Waals surface area contributed by atoms with Crippen molar-refractivity contribution in [2.45, 2.75) is 20.3 Å². The minimum Gasteiger partial charge on any atom is -0.379 e. The molecule has 1 aromatic rings. The number of para-hydroxylation sites is 1. The van der Waals surface area contributed by atoms with Gasteiger partial charge in [-0.3, -0.25) is 10.1 Å². The van der Waals surface area contributed by atoms with Gasteiger partial charge in [-0.2, -0.15) is 0 Å². The van der Waals surface area contributed by atoms with Crippen molar-refractivity contribution in [2.24, 2.45) is 0 Å². The Bertz CT molecular complexity index is 380. The van der Waals surface area contributed by atoms with Gasteiger partial charge >= 0.3 is 0 Å². The molecule has 0 radical (unpaired) electrons. The summed E-state index contributed by atoms with van der Waals surface area (Å²) >= 11 is 0. The Morgan fingerprint density at radius 1 is 1.35 bits per heavy atom. The molecule has 0 fully saturated rings. The zero-order chi connectivity index (χ0) is 12.7. The van der Waals surface area contributed by atoms with Gasteiger partial charge in [-0.05, 0) is 32.0 Å². The molecule has 0 aromatic heterocycles. The number of nitrogens with zero attached hydrogens (tertiary/aromatic N) is 1. The van der Waals surface area contributed by atoms with E-state index < -0.39 is 0 Å². The molecule has 0 amide bonds. The molecule has 0 aliphatic heterocycles. The van der Waals surface area contributed by atoms with Crippen LogP contribution in [0, 0.1) is 17.0 Å². The van der Waals surface area contributed by atoms with Crippen LogP contribution in [0.2, 0.25) is 0 Å². The molecular weight excluding hydrogens is 218 g/mol. The summed E-state index contributed by atoms with van der Waals surface area (Å²) in [6.07, 6.45) is 0.944. The fourth-order valence-corrected chi connectivity index (χ4v) is 1.64. The van der Waals surface area contributed by atoms with Crippen molar-refractivity contribution in [1.29, 1.82) is 0 Å². The first-order valence-electron chi connectivity index (χ1n) is 5.85. The third-order valence-corrected chi connectivity index (χ3v) is 2.53. The van der Waals surface area contributed by atoms with E-state index in [2.05, 4.69) is 17.6 Å². The number of anilines is 1. The van der Waals surface area contributed by atoms with E-state index in [0.717, 1.165) is 31.6 Å². The molecule has 0 aliphatic rings. The first-order valence-corrected chi connectivity index (χ1v) is 5.85. The summed E-state index contributed by atoms with van der Waals surface area (Å²) in [4.78, 5) is 10.5. The minimum absolute atomic E-state index is 0.147.